The van der Waals surface area contributed by atoms with Crippen molar-refractivity contribution in [3.63, 3.8) is 0 Å². The monoisotopic (exact) mass is 364 g/mol. The maximum Gasteiger partial charge on any atom is 0.250 e. The van der Waals surface area contributed by atoms with Crippen molar-refractivity contribution in [3.05, 3.63) is 71.4 Å². The number of hydrogen-bond donors (Lipinski definition) is 1. The van der Waals surface area contributed by atoms with Gasteiger partial charge >= 0.3 is 0 Å². The molecule has 2 N–H and O–H groups in total. The van der Waals surface area contributed by atoms with Gasteiger partial charge in [0.1, 0.15) is 11.5 Å². The molecule has 0 fully saturated rings. The molecule has 0 aliphatic heterocycles. The molecule has 0 bridgehead atoms. The van der Waals surface area contributed by atoms with E-state index in [1.54, 1.807) is 14.2 Å². The van der Waals surface area contributed by atoms with Gasteiger partial charge in [0.15, 0.2) is 0 Å². The first-order chi connectivity index (χ1) is 13.0. The van der Waals surface area contributed by atoms with Crippen LogP contribution in [0.3, 0.4) is 0 Å². The van der Waals surface area contributed by atoms with Gasteiger partial charge in [0.25, 0.3) is 5.91 Å². The Morgan fingerprint density at radius 3 is 2.41 bits per heavy atom. The van der Waals surface area contributed by atoms with E-state index in [0.717, 1.165) is 35.7 Å². The molecule has 5 nitrogen and oxygen atoms in total. The number of nitrogens with zero attached hydrogens (tertiary/aromatic N) is 1. The van der Waals surface area contributed by atoms with E-state index in [-0.39, 0.29) is 0 Å². The number of methoxy groups -OCH3 is 2. The van der Waals surface area contributed by atoms with E-state index < -0.39 is 5.91 Å². The molecular formula is C22H24N2O3. The van der Waals surface area contributed by atoms with Crippen LogP contribution in [0.5, 0.6) is 11.5 Å². The van der Waals surface area contributed by atoms with Crippen LogP contribution in [0.4, 0.5) is 0 Å². The number of ether oxygens (including phenoxy) is 2. The van der Waals surface area contributed by atoms with Crippen LogP contribution in [0.15, 0.2) is 54.6 Å². The van der Waals surface area contributed by atoms with E-state index in [4.69, 9.17) is 15.2 Å². The molecule has 1 aromatic heterocycles. The highest BCUT2D eigenvalue weighted by Gasteiger charge is 2.19. The third kappa shape index (κ3) is 3.82. The van der Waals surface area contributed by atoms with Crippen LogP contribution in [-0.2, 0) is 13.0 Å². The molecule has 3 rings (SSSR count). The molecule has 0 spiro atoms. The zero-order chi connectivity index (χ0) is 19.4. The molecule has 2 aromatic carbocycles. The lowest BCUT2D eigenvalue weighted by molar-refractivity contribution is 0.0999. The Hall–Kier alpha value is -3.21. The van der Waals surface area contributed by atoms with Gasteiger partial charge in [-0.1, -0.05) is 30.3 Å². The van der Waals surface area contributed by atoms with Gasteiger partial charge in [0, 0.05) is 17.8 Å². The van der Waals surface area contributed by atoms with Gasteiger partial charge in [-0.25, -0.2) is 0 Å². The second-order valence-corrected chi connectivity index (χ2v) is 6.35. The summed E-state index contributed by atoms with van der Waals surface area (Å²) in [4.78, 5) is 11.9. The fraction of sp³-hybridized carbons (Fsp3) is 0.227. The molecular weight excluding hydrogens is 340 g/mol. The van der Waals surface area contributed by atoms with E-state index in [1.165, 1.54) is 5.56 Å². The summed E-state index contributed by atoms with van der Waals surface area (Å²) in [6.07, 6.45) is 0.841. The second kappa shape index (κ2) is 7.99. The van der Waals surface area contributed by atoms with Crippen molar-refractivity contribution >= 4 is 5.91 Å². The highest BCUT2D eigenvalue weighted by atomic mass is 16.5. The zero-order valence-corrected chi connectivity index (χ0v) is 15.9. The predicted molar refractivity (Wildman–Crippen MR) is 106 cm³/mol. The Balaban J connectivity index is 2.09. The van der Waals surface area contributed by atoms with Gasteiger partial charge in [-0.05, 0) is 43.2 Å². The van der Waals surface area contributed by atoms with Crippen molar-refractivity contribution < 1.29 is 14.3 Å². The van der Waals surface area contributed by atoms with Crippen molar-refractivity contribution in [2.24, 2.45) is 5.73 Å². The molecule has 0 aliphatic carbocycles. The Bertz CT molecular complexity index is 946. The first-order valence-electron chi connectivity index (χ1n) is 8.81. The van der Waals surface area contributed by atoms with Gasteiger partial charge in [0.2, 0.25) is 0 Å². The average Bonchev–Trinajstić information content (AvgIpc) is 3.03. The lowest BCUT2D eigenvalue weighted by atomic mass is 10.1. The van der Waals surface area contributed by atoms with E-state index in [2.05, 4.69) is 16.7 Å². The second-order valence-electron chi connectivity index (χ2n) is 6.35. The van der Waals surface area contributed by atoms with Crippen molar-refractivity contribution in [1.29, 1.82) is 0 Å². The standard InChI is InChI=1S/C22H24N2O3/c1-15-18(22(23)25)14-20(19-13-17(26-2)9-10-21(19)27-3)24(15)12-11-16-7-5-4-6-8-16/h4-10,13-14H,11-12H2,1-3H3,(H2,23,25). The van der Waals surface area contributed by atoms with Crippen molar-refractivity contribution in [2.75, 3.05) is 14.2 Å². The SMILES string of the molecule is COc1ccc(OC)c(-c2cc(C(N)=O)c(C)n2CCc2ccccc2)c1. The maximum atomic E-state index is 11.9. The summed E-state index contributed by atoms with van der Waals surface area (Å²) in [5.41, 5.74) is 9.94. The van der Waals surface area contributed by atoms with Crippen LogP contribution >= 0.6 is 0 Å². The van der Waals surface area contributed by atoms with Crippen molar-refractivity contribution in [2.45, 2.75) is 19.9 Å². The quantitative estimate of drug-likeness (QED) is 0.693. The summed E-state index contributed by atoms with van der Waals surface area (Å²) in [6.45, 7) is 2.64. The summed E-state index contributed by atoms with van der Waals surface area (Å²) in [7, 11) is 3.25. The first kappa shape index (κ1) is 18.6. The summed E-state index contributed by atoms with van der Waals surface area (Å²) in [6, 6.07) is 17.7. The Kier molecular flexibility index (Phi) is 5.50. The van der Waals surface area contributed by atoms with Crippen LogP contribution in [0.25, 0.3) is 11.3 Å². The molecule has 1 amide bonds. The maximum absolute atomic E-state index is 11.9. The topological polar surface area (TPSA) is 66.5 Å². The smallest absolute Gasteiger partial charge is 0.250 e. The minimum absolute atomic E-state index is 0.436. The number of benzene rings is 2. The third-order valence-electron chi connectivity index (χ3n) is 4.78. The molecule has 0 radical (unpaired) electrons. The molecule has 0 aliphatic rings. The van der Waals surface area contributed by atoms with Gasteiger partial charge in [-0.2, -0.15) is 0 Å². The summed E-state index contributed by atoms with van der Waals surface area (Å²) < 4.78 is 13.0. The van der Waals surface area contributed by atoms with Gasteiger partial charge in [-0.3, -0.25) is 4.79 Å². The Morgan fingerprint density at radius 2 is 1.78 bits per heavy atom. The van der Waals surface area contributed by atoms with E-state index in [9.17, 15) is 4.79 Å². The molecule has 5 heteroatoms. The normalized spacial score (nSPS) is 10.6. The molecule has 1 heterocycles. The van der Waals surface area contributed by atoms with Crippen LogP contribution in [0.2, 0.25) is 0 Å². The molecule has 140 valence electrons. The van der Waals surface area contributed by atoms with E-state index >= 15 is 0 Å². The fourth-order valence-corrected chi connectivity index (χ4v) is 3.31. The summed E-state index contributed by atoms with van der Waals surface area (Å²) in [5, 5.41) is 0. The number of hydrogen-bond acceptors (Lipinski definition) is 3. The molecule has 0 atom stereocenters. The lowest BCUT2D eigenvalue weighted by Crippen LogP contribution is -2.13. The highest BCUT2D eigenvalue weighted by Crippen LogP contribution is 2.36. The average molecular weight is 364 g/mol. The molecule has 3 aromatic rings. The first-order valence-corrected chi connectivity index (χ1v) is 8.81. The van der Waals surface area contributed by atoms with Crippen molar-refractivity contribution in [3.8, 4) is 22.8 Å². The molecule has 0 saturated heterocycles. The molecule has 0 unspecified atom stereocenters. The minimum atomic E-state index is -0.436. The summed E-state index contributed by atoms with van der Waals surface area (Å²) in [5.74, 6) is 0.999. The van der Waals surface area contributed by atoms with Crippen LogP contribution in [0, 0.1) is 6.92 Å². The van der Waals surface area contributed by atoms with Crippen molar-refractivity contribution in [1.82, 2.24) is 4.57 Å². The minimum Gasteiger partial charge on any atom is -0.497 e. The zero-order valence-electron chi connectivity index (χ0n) is 15.9. The molecule has 27 heavy (non-hydrogen) atoms. The van der Waals surface area contributed by atoms with Gasteiger partial charge in [-0.15, -0.1) is 0 Å². The molecule has 0 saturated carbocycles. The van der Waals surface area contributed by atoms with E-state index in [0.29, 0.717) is 11.3 Å². The number of carbonyl (C=O) groups excluding carboxylic acids is 1. The Labute approximate surface area is 159 Å². The lowest BCUT2D eigenvalue weighted by Gasteiger charge is -2.15. The number of aryl methyl sites for hydroxylation is 1. The van der Waals surface area contributed by atoms with Crippen LogP contribution < -0.4 is 15.2 Å². The predicted octanol–water partition coefficient (Wildman–Crippen LogP) is 3.82. The Morgan fingerprint density at radius 1 is 1.04 bits per heavy atom. The van der Waals surface area contributed by atoms with Gasteiger partial charge in [0.05, 0.1) is 25.5 Å². The fourth-order valence-electron chi connectivity index (χ4n) is 3.31. The number of rotatable bonds is 7. The number of primary amides is 1. The van der Waals surface area contributed by atoms with Gasteiger partial charge < -0.3 is 19.8 Å². The number of amides is 1. The number of carbonyl (C=O) groups is 1. The van der Waals surface area contributed by atoms with Crippen LogP contribution in [0.1, 0.15) is 21.6 Å². The largest absolute Gasteiger partial charge is 0.497 e. The third-order valence-corrected chi connectivity index (χ3v) is 4.78. The number of nitrogens with two attached hydrogens (primary N) is 1. The summed E-state index contributed by atoms with van der Waals surface area (Å²) >= 11 is 0. The highest BCUT2D eigenvalue weighted by molar-refractivity contribution is 5.96. The van der Waals surface area contributed by atoms with E-state index in [1.807, 2.05) is 49.4 Å². The van der Waals surface area contributed by atoms with Crippen LogP contribution in [-0.4, -0.2) is 24.7 Å². The number of aromatic nitrogens is 1.